The zero-order chi connectivity index (χ0) is 16.3. The van der Waals surface area contributed by atoms with E-state index in [1.54, 1.807) is 0 Å². The quantitative estimate of drug-likeness (QED) is 0.906. The molecule has 1 N–H and O–H groups in total. The molecule has 4 heteroatoms. The van der Waals surface area contributed by atoms with Crippen LogP contribution in [0.15, 0.2) is 30.3 Å². The molecule has 1 aliphatic carbocycles. The van der Waals surface area contributed by atoms with Gasteiger partial charge in [0.15, 0.2) is 0 Å². The third-order valence-electron chi connectivity index (χ3n) is 5.65. The molecule has 0 aromatic heterocycles. The molecule has 1 heterocycles. The van der Waals surface area contributed by atoms with Crippen LogP contribution in [0.4, 0.5) is 4.79 Å². The highest BCUT2D eigenvalue weighted by molar-refractivity contribution is 5.74. The van der Waals surface area contributed by atoms with Gasteiger partial charge in [-0.3, -0.25) is 0 Å². The standard InChI is InChI=1S/C19H28N2O2/c1-15(16-8-9-16)21(2)18(22)20-14-19(10-12-23-13-11-19)17-6-4-3-5-7-17/h3-7,15-16H,8-14H2,1-2H3,(H,20,22). The Kier molecular flexibility index (Phi) is 4.90. The number of hydrogen-bond donors (Lipinski definition) is 1. The van der Waals surface area contributed by atoms with Crippen LogP contribution in [-0.4, -0.2) is 43.8 Å². The summed E-state index contributed by atoms with van der Waals surface area (Å²) in [6, 6.07) is 10.9. The third-order valence-corrected chi connectivity index (χ3v) is 5.65. The molecule has 1 unspecified atom stereocenters. The van der Waals surface area contributed by atoms with Crippen molar-refractivity contribution in [3.63, 3.8) is 0 Å². The number of carbonyl (C=O) groups excluding carboxylic acids is 1. The summed E-state index contributed by atoms with van der Waals surface area (Å²) >= 11 is 0. The van der Waals surface area contributed by atoms with Crippen LogP contribution < -0.4 is 5.32 Å². The summed E-state index contributed by atoms with van der Waals surface area (Å²) in [6.07, 6.45) is 4.42. The number of nitrogens with one attached hydrogen (secondary N) is 1. The molecule has 23 heavy (non-hydrogen) atoms. The summed E-state index contributed by atoms with van der Waals surface area (Å²) in [4.78, 5) is 14.4. The Hall–Kier alpha value is -1.55. The average Bonchev–Trinajstić information content (AvgIpc) is 3.45. The molecule has 1 aliphatic heterocycles. The first-order chi connectivity index (χ1) is 11.1. The van der Waals surface area contributed by atoms with Crippen molar-refractivity contribution in [1.29, 1.82) is 0 Å². The summed E-state index contributed by atoms with van der Waals surface area (Å²) < 4.78 is 5.56. The van der Waals surface area contributed by atoms with Crippen LogP contribution in [-0.2, 0) is 10.2 Å². The van der Waals surface area contributed by atoms with Crippen LogP contribution in [0.1, 0.15) is 38.2 Å². The zero-order valence-corrected chi connectivity index (χ0v) is 14.3. The molecule has 4 nitrogen and oxygen atoms in total. The molecule has 1 atom stereocenters. The van der Waals surface area contributed by atoms with Gasteiger partial charge in [-0.1, -0.05) is 30.3 Å². The Bertz CT molecular complexity index is 521. The SMILES string of the molecule is CC(C1CC1)N(C)C(=O)NCC1(c2ccccc2)CCOCC1. The van der Waals surface area contributed by atoms with Crippen molar-refractivity contribution < 1.29 is 9.53 Å². The van der Waals surface area contributed by atoms with Crippen LogP contribution >= 0.6 is 0 Å². The smallest absolute Gasteiger partial charge is 0.317 e. The maximum absolute atomic E-state index is 12.5. The molecule has 1 saturated carbocycles. The van der Waals surface area contributed by atoms with E-state index in [-0.39, 0.29) is 11.4 Å². The van der Waals surface area contributed by atoms with E-state index in [9.17, 15) is 4.79 Å². The number of amides is 2. The van der Waals surface area contributed by atoms with E-state index in [1.807, 2.05) is 18.0 Å². The first kappa shape index (κ1) is 16.3. The van der Waals surface area contributed by atoms with Gasteiger partial charge in [-0.2, -0.15) is 0 Å². The maximum atomic E-state index is 12.5. The highest BCUT2D eigenvalue weighted by Gasteiger charge is 2.36. The van der Waals surface area contributed by atoms with Gasteiger partial charge in [0, 0.05) is 38.3 Å². The second-order valence-electron chi connectivity index (χ2n) is 7.11. The summed E-state index contributed by atoms with van der Waals surface area (Å²) in [5.41, 5.74) is 1.31. The lowest BCUT2D eigenvalue weighted by atomic mass is 9.74. The Morgan fingerprint density at radius 1 is 1.30 bits per heavy atom. The highest BCUT2D eigenvalue weighted by atomic mass is 16.5. The van der Waals surface area contributed by atoms with Crippen molar-refractivity contribution in [3.8, 4) is 0 Å². The molecule has 2 amide bonds. The van der Waals surface area contributed by atoms with E-state index in [1.165, 1.54) is 18.4 Å². The van der Waals surface area contributed by atoms with Gasteiger partial charge in [-0.25, -0.2) is 4.79 Å². The largest absolute Gasteiger partial charge is 0.381 e. The molecule has 0 radical (unpaired) electrons. The van der Waals surface area contributed by atoms with E-state index >= 15 is 0 Å². The minimum absolute atomic E-state index is 0.00116. The second-order valence-corrected chi connectivity index (χ2v) is 7.11. The van der Waals surface area contributed by atoms with Gasteiger partial charge in [-0.05, 0) is 44.1 Å². The lowest BCUT2D eigenvalue weighted by Crippen LogP contribution is -2.49. The number of benzene rings is 1. The molecule has 0 bridgehead atoms. The fourth-order valence-electron chi connectivity index (χ4n) is 3.57. The Morgan fingerprint density at radius 3 is 2.57 bits per heavy atom. The van der Waals surface area contributed by atoms with Crippen molar-refractivity contribution in [2.24, 2.45) is 5.92 Å². The first-order valence-corrected chi connectivity index (χ1v) is 8.76. The predicted molar refractivity (Wildman–Crippen MR) is 91.5 cm³/mol. The molecule has 3 rings (SSSR count). The number of nitrogens with zero attached hydrogens (tertiary/aromatic N) is 1. The van der Waals surface area contributed by atoms with Gasteiger partial charge in [0.05, 0.1) is 0 Å². The van der Waals surface area contributed by atoms with Gasteiger partial charge in [0.2, 0.25) is 0 Å². The van der Waals surface area contributed by atoms with E-state index in [0.29, 0.717) is 18.5 Å². The summed E-state index contributed by atoms with van der Waals surface area (Å²) in [5.74, 6) is 0.692. The average molecular weight is 316 g/mol. The Morgan fingerprint density at radius 2 is 1.96 bits per heavy atom. The minimum atomic E-state index is -0.00116. The molecule has 1 aromatic rings. The first-order valence-electron chi connectivity index (χ1n) is 8.76. The Labute approximate surface area is 139 Å². The number of ether oxygens (including phenoxy) is 1. The van der Waals surface area contributed by atoms with Crippen molar-refractivity contribution in [1.82, 2.24) is 10.2 Å². The molecule has 2 aliphatic rings. The van der Waals surface area contributed by atoms with E-state index in [0.717, 1.165) is 26.1 Å². The fourth-order valence-corrected chi connectivity index (χ4v) is 3.57. The predicted octanol–water partition coefficient (Wildman–Crippen LogP) is 3.17. The van der Waals surface area contributed by atoms with Crippen molar-refractivity contribution in [3.05, 3.63) is 35.9 Å². The minimum Gasteiger partial charge on any atom is -0.381 e. The van der Waals surface area contributed by atoms with Crippen molar-refractivity contribution in [2.75, 3.05) is 26.8 Å². The van der Waals surface area contributed by atoms with Gasteiger partial charge >= 0.3 is 6.03 Å². The number of hydrogen-bond acceptors (Lipinski definition) is 2. The van der Waals surface area contributed by atoms with E-state index < -0.39 is 0 Å². The van der Waals surface area contributed by atoms with Crippen LogP contribution in [0.3, 0.4) is 0 Å². The number of urea groups is 1. The fraction of sp³-hybridized carbons (Fsp3) is 0.632. The van der Waals surface area contributed by atoms with Gasteiger partial charge in [0.1, 0.15) is 0 Å². The van der Waals surface area contributed by atoms with Crippen molar-refractivity contribution >= 4 is 6.03 Å². The maximum Gasteiger partial charge on any atom is 0.317 e. The van der Waals surface area contributed by atoms with Gasteiger partial charge in [0.25, 0.3) is 0 Å². The lowest BCUT2D eigenvalue weighted by Gasteiger charge is -2.38. The van der Waals surface area contributed by atoms with Crippen LogP contribution in [0.5, 0.6) is 0 Å². The zero-order valence-electron chi connectivity index (χ0n) is 14.3. The van der Waals surface area contributed by atoms with Crippen LogP contribution in [0.25, 0.3) is 0 Å². The van der Waals surface area contributed by atoms with Crippen molar-refractivity contribution in [2.45, 2.75) is 44.1 Å². The summed E-state index contributed by atoms with van der Waals surface area (Å²) in [6.45, 7) is 4.36. The van der Waals surface area contributed by atoms with Gasteiger partial charge in [-0.15, -0.1) is 0 Å². The summed E-state index contributed by atoms with van der Waals surface area (Å²) in [7, 11) is 1.91. The number of rotatable bonds is 5. The Balaban J connectivity index is 1.66. The highest BCUT2D eigenvalue weighted by Crippen LogP contribution is 2.36. The molecule has 126 valence electrons. The molecular weight excluding hydrogens is 288 g/mol. The normalized spacial score (nSPS) is 21.5. The van der Waals surface area contributed by atoms with Crippen LogP contribution in [0.2, 0.25) is 0 Å². The number of carbonyl (C=O) groups is 1. The third kappa shape index (κ3) is 3.69. The second kappa shape index (κ2) is 6.91. The molecule has 0 spiro atoms. The molecular formula is C19H28N2O2. The topological polar surface area (TPSA) is 41.6 Å². The molecule has 1 aromatic carbocycles. The van der Waals surface area contributed by atoms with E-state index in [4.69, 9.17) is 4.74 Å². The van der Waals surface area contributed by atoms with E-state index in [2.05, 4.69) is 36.5 Å². The van der Waals surface area contributed by atoms with Gasteiger partial charge < -0.3 is 15.0 Å². The van der Waals surface area contributed by atoms with Crippen LogP contribution in [0, 0.1) is 5.92 Å². The lowest BCUT2D eigenvalue weighted by molar-refractivity contribution is 0.0500. The molecule has 2 fully saturated rings. The monoisotopic (exact) mass is 316 g/mol. The summed E-state index contributed by atoms with van der Waals surface area (Å²) in [5, 5.41) is 3.19. The molecule has 1 saturated heterocycles.